The van der Waals surface area contributed by atoms with Gasteiger partial charge in [0.2, 0.25) is 0 Å². The fourth-order valence-corrected chi connectivity index (χ4v) is 0.824. The second-order valence-corrected chi connectivity index (χ2v) is 2.54. The van der Waals surface area contributed by atoms with Gasteiger partial charge in [-0.05, 0) is 11.6 Å². The number of ether oxygens (including phenoxy) is 1. The van der Waals surface area contributed by atoms with E-state index in [0.717, 1.165) is 0 Å². The summed E-state index contributed by atoms with van der Waals surface area (Å²) >= 11 is 0. The molecule has 5 nitrogen and oxygen atoms in total. The number of hydrogen-bond acceptors (Lipinski definition) is 3. The van der Waals surface area contributed by atoms with E-state index in [-0.39, 0.29) is 12.2 Å². The summed E-state index contributed by atoms with van der Waals surface area (Å²) in [7, 11) is 1.62. The molecule has 5 heteroatoms. The molecule has 0 radical (unpaired) electrons. The molecule has 0 aliphatic rings. The first kappa shape index (κ1) is 9.31. The van der Waals surface area contributed by atoms with Gasteiger partial charge in [-0.25, -0.2) is 4.79 Å². The molecule has 0 saturated carbocycles. The molecule has 1 aromatic rings. The third-order valence-electron chi connectivity index (χ3n) is 1.53. The highest BCUT2D eigenvalue weighted by Crippen LogP contribution is 1.96. The summed E-state index contributed by atoms with van der Waals surface area (Å²) in [5, 5.41) is 8.19. The van der Waals surface area contributed by atoms with Crippen molar-refractivity contribution in [1.82, 2.24) is 4.57 Å². The summed E-state index contributed by atoms with van der Waals surface area (Å²) in [5.74, 6) is 0. The second kappa shape index (κ2) is 3.75. The number of rotatable bonds is 2. The van der Waals surface area contributed by atoms with E-state index in [1.165, 1.54) is 10.6 Å². The summed E-state index contributed by atoms with van der Waals surface area (Å²) in [6.07, 6.45) is 0.212. The van der Waals surface area contributed by atoms with Crippen LogP contribution in [0.3, 0.4) is 0 Å². The predicted octanol–water partition coefficient (Wildman–Crippen LogP) is 0.580. The highest BCUT2D eigenvalue weighted by atomic mass is 16.7. The number of pyridine rings is 1. The Labute approximate surface area is 74.2 Å². The van der Waals surface area contributed by atoms with Crippen LogP contribution in [-0.2, 0) is 18.4 Å². The van der Waals surface area contributed by atoms with E-state index < -0.39 is 6.16 Å². The number of nitrogens with zero attached hydrogens (tertiary/aromatic N) is 1. The average molecular weight is 183 g/mol. The molecule has 0 spiro atoms. The molecule has 0 amide bonds. The van der Waals surface area contributed by atoms with Gasteiger partial charge in [-0.2, -0.15) is 0 Å². The van der Waals surface area contributed by atoms with Crippen molar-refractivity contribution in [3.8, 4) is 0 Å². The van der Waals surface area contributed by atoms with Gasteiger partial charge in [-0.15, -0.1) is 0 Å². The zero-order chi connectivity index (χ0) is 9.84. The Morgan fingerprint density at radius 3 is 2.92 bits per heavy atom. The number of carboxylic acid groups (broad SMARTS) is 1. The maximum Gasteiger partial charge on any atom is 0.506 e. The number of carbonyl (C=O) groups is 1. The predicted molar refractivity (Wildman–Crippen MR) is 44.5 cm³/mol. The van der Waals surface area contributed by atoms with Gasteiger partial charge in [0, 0.05) is 19.3 Å². The molecule has 1 heterocycles. The van der Waals surface area contributed by atoms with Crippen LogP contribution in [0.5, 0.6) is 0 Å². The maximum absolute atomic E-state index is 11.0. The van der Waals surface area contributed by atoms with Crippen LogP contribution in [0.15, 0.2) is 23.1 Å². The van der Waals surface area contributed by atoms with Crippen LogP contribution in [0.4, 0.5) is 4.79 Å². The second-order valence-electron chi connectivity index (χ2n) is 2.54. The molecule has 0 fully saturated rings. The van der Waals surface area contributed by atoms with Crippen molar-refractivity contribution < 1.29 is 14.6 Å². The Morgan fingerprint density at radius 1 is 1.69 bits per heavy atom. The van der Waals surface area contributed by atoms with Crippen LogP contribution in [0.2, 0.25) is 0 Å². The van der Waals surface area contributed by atoms with Crippen molar-refractivity contribution in [2.45, 2.75) is 6.61 Å². The largest absolute Gasteiger partial charge is 0.506 e. The summed E-state index contributed by atoms with van der Waals surface area (Å²) in [6, 6.07) is 2.97. The van der Waals surface area contributed by atoms with E-state index in [9.17, 15) is 9.59 Å². The molecule has 0 aliphatic heterocycles. The molecular formula is C8H9NO4. The highest BCUT2D eigenvalue weighted by molar-refractivity contribution is 5.56. The van der Waals surface area contributed by atoms with Gasteiger partial charge in [0.05, 0.1) is 0 Å². The first-order valence-electron chi connectivity index (χ1n) is 3.61. The lowest BCUT2D eigenvalue weighted by molar-refractivity contribution is 0.0853. The van der Waals surface area contributed by atoms with Gasteiger partial charge >= 0.3 is 6.16 Å². The first-order chi connectivity index (χ1) is 6.09. The Hall–Kier alpha value is -1.78. The third-order valence-corrected chi connectivity index (χ3v) is 1.53. The topological polar surface area (TPSA) is 68.5 Å². The lowest BCUT2D eigenvalue weighted by Crippen LogP contribution is -2.15. The maximum atomic E-state index is 11.0. The molecule has 0 bridgehead atoms. The van der Waals surface area contributed by atoms with Gasteiger partial charge in [0.15, 0.2) is 0 Å². The smallest absolute Gasteiger partial charge is 0.450 e. The van der Waals surface area contributed by atoms with E-state index in [0.29, 0.717) is 5.56 Å². The van der Waals surface area contributed by atoms with E-state index in [1.807, 2.05) is 0 Å². The molecule has 70 valence electrons. The monoisotopic (exact) mass is 183 g/mol. The van der Waals surface area contributed by atoms with Crippen LogP contribution in [0.1, 0.15) is 5.56 Å². The van der Waals surface area contributed by atoms with Crippen molar-refractivity contribution in [2.75, 3.05) is 0 Å². The van der Waals surface area contributed by atoms with Gasteiger partial charge in [0.1, 0.15) is 6.61 Å². The van der Waals surface area contributed by atoms with Crippen molar-refractivity contribution in [3.63, 3.8) is 0 Å². The van der Waals surface area contributed by atoms with Crippen molar-refractivity contribution in [2.24, 2.45) is 7.05 Å². The molecular weight excluding hydrogens is 174 g/mol. The molecule has 0 aromatic carbocycles. The van der Waals surface area contributed by atoms with Crippen LogP contribution in [0.25, 0.3) is 0 Å². The van der Waals surface area contributed by atoms with Crippen LogP contribution in [0, 0.1) is 0 Å². The summed E-state index contributed by atoms with van der Waals surface area (Å²) < 4.78 is 5.68. The highest BCUT2D eigenvalue weighted by Gasteiger charge is 1.99. The molecule has 1 rings (SSSR count). The van der Waals surface area contributed by atoms with Crippen molar-refractivity contribution in [1.29, 1.82) is 0 Å². The number of hydrogen-bond donors (Lipinski definition) is 1. The molecule has 0 unspecified atom stereocenters. The fourth-order valence-electron chi connectivity index (χ4n) is 0.824. The molecule has 13 heavy (non-hydrogen) atoms. The Bertz CT molecular complexity index is 369. The molecule has 1 N–H and O–H groups in total. The Morgan fingerprint density at radius 2 is 2.38 bits per heavy atom. The Kier molecular flexibility index (Phi) is 2.69. The van der Waals surface area contributed by atoms with Gasteiger partial charge < -0.3 is 14.4 Å². The van der Waals surface area contributed by atoms with E-state index >= 15 is 0 Å². The van der Waals surface area contributed by atoms with Crippen LogP contribution in [-0.4, -0.2) is 15.8 Å². The average Bonchev–Trinajstić information content (AvgIpc) is 2.07. The van der Waals surface area contributed by atoms with E-state index in [2.05, 4.69) is 4.74 Å². The lowest BCUT2D eigenvalue weighted by atomic mass is 10.3. The fraction of sp³-hybridized carbons (Fsp3) is 0.250. The van der Waals surface area contributed by atoms with Gasteiger partial charge in [-0.1, -0.05) is 0 Å². The summed E-state index contributed by atoms with van der Waals surface area (Å²) in [5.41, 5.74) is 0.358. The third kappa shape index (κ3) is 2.62. The standard InChI is InChI=1S/C8H9NO4/c1-9-3-2-6(4-7(9)10)5-13-8(11)12/h2-4H,5H2,1H3,(H,11,12). The summed E-state index contributed by atoms with van der Waals surface area (Å²) in [4.78, 5) is 21.1. The number of aromatic nitrogens is 1. The quantitative estimate of drug-likeness (QED) is 0.681. The van der Waals surface area contributed by atoms with Crippen molar-refractivity contribution >= 4 is 6.16 Å². The normalized spacial score (nSPS) is 9.62. The van der Waals surface area contributed by atoms with Gasteiger partial charge in [-0.3, -0.25) is 4.79 Å². The number of aryl methyl sites for hydroxylation is 1. The molecule has 0 saturated heterocycles. The zero-order valence-electron chi connectivity index (χ0n) is 7.06. The van der Waals surface area contributed by atoms with Crippen LogP contribution < -0.4 is 5.56 Å². The van der Waals surface area contributed by atoms with Gasteiger partial charge in [0.25, 0.3) is 5.56 Å². The molecule has 1 aromatic heterocycles. The minimum absolute atomic E-state index is 0.0919. The molecule has 0 aliphatic carbocycles. The van der Waals surface area contributed by atoms with Crippen molar-refractivity contribution in [3.05, 3.63) is 34.2 Å². The van der Waals surface area contributed by atoms with E-state index in [4.69, 9.17) is 5.11 Å². The lowest BCUT2D eigenvalue weighted by Gasteiger charge is -2.01. The Balaban J connectivity index is 2.74. The SMILES string of the molecule is Cn1ccc(COC(=O)O)cc1=O. The minimum atomic E-state index is -1.35. The molecule has 0 atom stereocenters. The van der Waals surface area contributed by atoms with E-state index in [1.54, 1.807) is 19.3 Å². The van der Waals surface area contributed by atoms with Crippen LogP contribution >= 0.6 is 0 Å². The minimum Gasteiger partial charge on any atom is -0.450 e. The zero-order valence-corrected chi connectivity index (χ0v) is 7.06. The first-order valence-corrected chi connectivity index (χ1v) is 3.61. The summed E-state index contributed by atoms with van der Waals surface area (Å²) in [6.45, 7) is -0.0919.